The van der Waals surface area contributed by atoms with Gasteiger partial charge in [-0.2, -0.15) is 4.57 Å². The molecule has 0 bridgehead atoms. The molecule has 5 heteroatoms. The summed E-state index contributed by atoms with van der Waals surface area (Å²) in [6.07, 6.45) is 14.9. The standard InChI is InChI=1S/C30H33N2OS.HI/c1-5-31-27-15-9-10-16-28(27)34-29(31)17-11-12-24-20-25(22-30(3,4)21-24)18-19-32(23(2)33)26-13-7-6-8-14-26;/h6-20H,5,21-22H2,1-4H3;1H/q+1;/p-1. The van der Waals surface area contributed by atoms with Gasteiger partial charge in [0.2, 0.25) is 11.4 Å². The molecule has 1 aromatic heterocycles. The molecule has 0 aliphatic heterocycles. The minimum atomic E-state index is 0. The van der Waals surface area contributed by atoms with Crippen molar-refractivity contribution in [3.63, 3.8) is 0 Å². The fraction of sp³-hybridized carbons (Fsp3) is 0.267. The van der Waals surface area contributed by atoms with Crippen molar-refractivity contribution >= 4 is 39.2 Å². The zero-order valence-corrected chi connectivity index (χ0v) is 23.8. The van der Waals surface area contributed by atoms with E-state index in [0.29, 0.717) is 0 Å². The maximum Gasteiger partial charge on any atom is 0.262 e. The highest BCUT2D eigenvalue weighted by Crippen LogP contribution is 2.38. The fourth-order valence-electron chi connectivity index (χ4n) is 4.61. The molecule has 0 atom stereocenters. The Labute approximate surface area is 230 Å². The third-order valence-corrected chi connectivity index (χ3v) is 7.18. The minimum absolute atomic E-state index is 0. The van der Waals surface area contributed by atoms with Crippen LogP contribution in [0.15, 0.2) is 96.2 Å². The number of hydrogen-bond acceptors (Lipinski definition) is 2. The Morgan fingerprint density at radius 1 is 1.06 bits per heavy atom. The number of aryl methyl sites for hydroxylation is 1. The quantitative estimate of drug-likeness (QED) is 0.305. The minimum Gasteiger partial charge on any atom is -1.00 e. The molecule has 0 spiro atoms. The van der Waals surface area contributed by atoms with Gasteiger partial charge in [0, 0.05) is 31.0 Å². The van der Waals surface area contributed by atoms with E-state index in [1.165, 1.54) is 26.4 Å². The number of anilines is 1. The first-order chi connectivity index (χ1) is 16.4. The molecule has 0 fully saturated rings. The summed E-state index contributed by atoms with van der Waals surface area (Å²) in [5, 5.41) is 1.26. The smallest absolute Gasteiger partial charge is 0.262 e. The summed E-state index contributed by atoms with van der Waals surface area (Å²) in [6.45, 7) is 9.36. The summed E-state index contributed by atoms with van der Waals surface area (Å²) in [5.41, 5.74) is 4.90. The number of nitrogens with zero attached hydrogens (tertiary/aromatic N) is 2. The summed E-state index contributed by atoms with van der Waals surface area (Å²) < 4.78 is 3.68. The van der Waals surface area contributed by atoms with Crippen molar-refractivity contribution in [1.29, 1.82) is 0 Å². The molecule has 0 saturated carbocycles. The predicted molar refractivity (Wildman–Crippen MR) is 145 cm³/mol. The van der Waals surface area contributed by atoms with Crippen molar-refractivity contribution < 1.29 is 33.3 Å². The Hall–Kier alpha value is -2.51. The number of allylic oxidation sites excluding steroid dienone is 6. The second-order valence-corrected chi connectivity index (χ2v) is 10.6. The molecule has 4 rings (SSSR count). The van der Waals surface area contributed by atoms with Gasteiger partial charge in [-0.25, -0.2) is 0 Å². The highest BCUT2D eigenvalue weighted by molar-refractivity contribution is 7.18. The number of thiazole rings is 1. The van der Waals surface area contributed by atoms with Crippen LogP contribution < -0.4 is 33.4 Å². The highest BCUT2D eigenvalue weighted by Gasteiger charge is 2.24. The maximum absolute atomic E-state index is 12.2. The topological polar surface area (TPSA) is 24.2 Å². The van der Waals surface area contributed by atoms with Gasteiger partial charge in [0.05, 0.1) is 0 Å². The number of hydrogen-bond donors (Lipinski definition) is 0. The van der Waals surface area contributed by atoms with Crippen LogP contribution in [0, 0.1) is 5.41 Å². The maximum atomic E-state index is 12.2. The highest BCUT2D eigenvalue weighted by atomic mass is 127. The molecule has 0 saturated heterocycles. The number of amides is 1. The van der Waals surface area contributed by atoms with Gasteiger partial charge in [0.15, 0.2) is 0 Å². The number of fused-ring (bicyclic) bond motifs is 1. The van der Waals surface area contributed by atoms with Crippen LogP contribution >= 0.6 is 11.3 Å². The van der Waals surface area contributed by atoms with E-state index in [1.54, 1.807) is 11.8 Å². The van der Waals surface area contributed by atoms with Crippen molar-refractivity contribution in [2.75, 3.05) is 4.90 Å². The van der Waals surface area contributed by atoms with E-state index >= 15 is 0 Å². The third kappa shape index (κ3) is 6.79. The van der Waals surface area contributed by atoms with E-state index < -0.39 is 0 Å². The number of halogens is 1. The zero-order chi connectivity index (χ0) is 24.1. The predicted octanol–water partition coefficient (Wildman–Crippen LogP) is 4.47. The van der Waals surface area contributed by atoms with Crippen molar-refractivity contribution in [1.82, 2.24) is 0 Å². The van der Waals surface area contributed by atoms with Crippen LogP contribution in [-0.2, 0) is 11.3 Å². The molecule has 35 heavy (non-hydrogen) atoms. The molecule has 2 aromatic carbocycles. The lowest BCUT2D eigenvalue weighted by Crippen LogP contribution is -3.00. The van der Waals surface area contributed by atoms with Crippen LogP contribution in [0.1, 0.15) is 45.5 Å². The van der Waals surface area contributed by atoms with Crippen LogP contribution in [0.25, 0.3) is 16.3 Å². The first-order valence-corrected chi connectivity index (χ1v) is 12.7. The van der Waals surface area contributed by atoms with E-state index in [1.807, 2.05) is 47.9 Å². The summed E-state index contributed by atoms with van der Waals surface area (Å²) in [7, 11) is 0. The Kier molecular flexibility index (Phi) is 9.25. The molecule has 0 N–H and O–H groups in total. The average Bonchev–Trinajstić information content (AvgIpc) is 3.16. The van der Waals surface area contributed by atoms with E-state index in [-0.39, 0.29) is 35.3 Å². The number of carbonyl (C=O) groups excluding carboxylic acids is 1. The van der Waals surface area contributed by atoms with Gasteiger partial charge in [-0.1, -0.05) is 73.7 Å². The molecule has 3 aromatic rings. The number of aromatic nitrogens is 1. The van der Waals surface area contributed by atoms with Gasteiger partial charge in [0.25, 0.3) is 5.01 Å². The fourth-order valence-corrected chi connectivity index (χ4v) is 5.75. The van der Waals surface area contributed by atoms with Gasteiger partial charge >= 0.3 is 0 Å². The Morgan fingerprint density at radius 2 is 1.77 bits per heavy atom. The molecule has 0 unspecified atom stereocenters. The molecule has 182 valence electrons. The molecular formula is C30H33IN2OS. The molecule has 0 radical (unpaired) electrons. The Bertz CT molecular complexity index is 1300. The average molecular weight is 597 g/mol. The van der Waals surface area contributed by atoms with Gasteiger partial charge in [0.1, 0.15) is 11.2 Å². The molecule has 1 amide bonds. The monoisotopic (exact) mass is 596 g/mol. The molecule has 1 heterocycles. The number of carbonyl (C=O) groups is 1. The lowest BCUT2D eigenvalue weighted by atomic mass is 9.75. The van der Waals surface area contributed by atoms with Crippen LogP contribution in [0.3, 0.4) is 0 Å². The van der Waals surface area contributed by atoms with Gasteiger partial charge in [-0.3, -0.25) is 9.69 Å². The van der Waals surface area contributed by atoms with Crippen molar-refractivity contribution in [3.05, 3.63) is 101 Å². The lowest BCUT2D eigenvalue weighted by molar-refractivity contribution is -0.665. The van der Waals surface area contributed by atoms with E-state index in [9.17, 15) is 4.79 Å². The zero-order valence-electron chi connectivity index (χ0n) is 20.9. The summed E-state index contributed by atoms with van der Waals surface area (Å²) in [6, 6.07) is 18.4. The molecule has 1 aliphatic carbocycles. The van der Waals surface area contributed by atoms with E-state index in [0.717, 1.165) is 25.1 Å². The van der Waals surface area contributed by atoms with Gasteiger partial charge < -0.3 is 24.0 Å². The SMILES string of the molecule is CC[n+]1c(/C=C/C=C2C=C(/C=C/N(C(C)=O)c3ccccc3)CC(C)(C)C/2)sc2ccccc21.[I-]. The normalized spacial score (nSPS) is 16.6. The molecular weight excluding hydrogens is 563 g/mol. The van der Waals surface area contributed by atoms with Crippen molar-refractivity contribution in [2.45, 2.75) is 47.1 Å². The Morgan fingerprint density at radius 3 is 2.49 bits per heavy atom. The lowest BCUT2D eigenvalue weighted by Gasteiger charge is -2.30. The summed E-state index contributed by atoms with van der Waals surface area (Å²) in [4.78, 5) is 13.9. The first-order valence-electron chi connectivity index (χ1n) is 11.9. The van der Waals surface area contributed by atoms with Gasteiger partial charge in [-0.05, 0) is 60.6 Å². The largest absolute Gasteiger partial charge is 1.00 e. The van der Waals surface area contributed by atoms with Crippen LogP contribution in [0.2, 0.25) is 0 Å². The second kappa shape index (κ2) is 12.0. The van der Waals surface area contributed by atoms with Gasteiger partial charge in [-0.15, -0.1) is 0 Å². The van der Waals surface area contributed by atoms with Crippen LogP contribution in [-0.4, -0.2) is 5.91 Å². The Balaban J connectivity index is 0.00000342. The van der Waals surface area contributed by atoms with Crippen LogP contribution in [0.5, 0.6) is 0 Å². The first kappa shape index (κ1) is 27.1. The number of rotatable bonds is 6. The van der Waals surface area contributed by atoms with Crippen molar-refractivity contribution in [2.24, 2.45) is 5.41 Å². The second-order valence-electron chi connectivity index (χ2n) is 9.53. The number of para-hydroxylation sites is 2. The van der Waals surface area contributed by atoms with E-state index in [4.69, 9.17) is 0 Å². The number of benzene rings is 2. The summed E-state index contributed by atoms with van der Waals surface area (Å²) in [5.74, 6) is 0.00406. The third-order valence-electron chi connectivity index (χ3n) is 6.05. The van der Waals surface area contributed by atoms with Crippen LogP contribution in [0.4, 0.5) is 5.69 Å². The molecule has 1 aliphatic rings. The van der Waals surface area contributed by atoms with E-state index in [2.05, 4.69) is 80.0 Å². The van der Waals surface area contributed by atoms with Crippen molar-refractivity contribution in [3.8, 4) is 0 Å². The summed E-state index contributed by atoms with van der Waals surface area (Å²) >= 11 is 1.83. The molecule has 3 nitrogen and oxygen atoms in total.